The Morgan fingerprint density at radius 2 is 2.05 bits per heavy atom. The molecular formula is C16H22BrFN2O. The lowest BCUT2D eigenvalue weighted by molar-refractivity contribution is 0.0654. The number of rotatable bonds is 4. The first-order chi connectivity index (χ1) is 9.90. The molecule has 116 valence electrons. The highest BCUT2D eigenvalue weighted by Gasteiger charge is 2.29. The molecule has 1 aromatic rings. The van der Waals surface area contributed by atoms with E-state index in [0.29, 0.717) is 22.5 Å². The molecule has 0 heterocycles. The molecule has 1 amide bonds. The van der Waals surface area contributed by atoms with Crippen LogP contribution >= 0.6 is 15.9 Å². The lowest BCUT2D eigenvalue weighted by Gasteiger charge is -2.31. The number of hydrogen-bond donors (Lipinski definition) is 1. The molecule has 0 bridgehead atoms. The molecule has 1 aromatic carbocycles. The number of nitrogen functional groups attached to an aromatic ring is 1. The molecule has 0 atom stereocenters. The summed E-state index contributed by atoms with van der Waals surface area (Å²) in [4.78, 5) is 14.8. The van der Waals surface area contributed by atoms with Gasteiger partial charge in [0.15, 0.2) is 0 Å². The number of carbonyl (C=O) groups is 1. The fraction of sp³-hybridized carbons (Fsp3) is 0.562. The van der Waals surface area contributed by atoms with Gasteiger partial charge < -0.3 is 10.6 Å². The van der Waals surface area contributed by atoms with Crippen LogP contribution in [0.15, 0.2) is 16.6 Å². The predicted octanol–water partition coefficient (Wildman–Crippen LogP) is 4.21. The zero-order chi connectivity index (χ0) is 15.6. The van der Waals surface area contributed by atoms with Crippen LogP contribution in [-0.2, 0) is 0 Å². The van der Waals surface area contributed by atoms with E-state index in [1.165, 1.54) is 25.0 Å². The van der Waals surface area contributed by atoms with Crippen molar-refractivity contribution in [2.75, 3.05) is 12.3 Å². The summed E-state index contributed by atoms with van der Waals surface area (Å²) < 4.78 is 13.9. The summed E-state index contributed by atoms with van der Waals surface area (Å²) in [5, 5.41) is 0. The van der Waals surface area contributed by atoms with Crippen molar-refractivity contribution in [3.05, 3.63) is 28.0 Å². The molecule has 0 aromatic heterocycles. The summed E-state index contributed by atoms with van der Waals surface area (Å²) >= 11 is 3.28. The van der Waals surface area contributed by atoms with Gasteiger partial charge in [0, 0.05) is 17.1 Å². The molecule has 2 rings (SSSR count). The van der Waals surface area contributed by atoms with E-state index in [0.717, 1.165) is 12.8 Å². The van der Waals surface area contributed by atoms with Crippen molar-refractivity contribution in [2.45, 2.75) is 45.6 Å². The van der Waals surface area contributed by atoms with Crippen LogP contribution in [0, 0.1) is 11.7 Å². The number of amides is 1. The lowest BCUT2D eigenvalue weighted by Crippen LogP contribution is -2.41. The summed E-state index contributed by atoms with van der Waals surface area (Å²) in [6.07, 6.45) is 4.43. The van der Waals surface area contributed by atoms with E-state index in [4.69, 9.17) is 5.73 Å². The summed E-state index contributed by atoms with van der Waals surface area (Å²) in [5.74, 6) is -0.171. The first-order valence-corrected chi connectivity index (χ1v) is 8.25. The van der Waals surface area contributed by atoms with Gasteiger partial charge >= 0.3 is 0 Å². The molecule has 3 nitrogen and oxygen atoms in total. The zero-order valence-corrected chi connectivity index (χ0v) is 14.1. The molecule has 1 saturated carbocycles. The number of hydrogen-bond acceptors (Lipinski definition) is 2. The van der Waals surface area contributed by atoms with E-state index in [1.807, 2.05) is 4.90 Å². The Bertz CT molecular complexity index is 527. The molecule has 0 unspecified atom stereocenters. The largest absolute Gasteiger partial charge is 0.396 e. The zero-order valence-electron chi connectivity index (χ0n) is 12.5. The summed E-state index contributed by atoms with van der Waals surface area (Å²) in [6, 6.07) is 2.99. The van der Waals surface area contributed by atoms with Gasteiger partial charge in [-0.15, -0.1) is 0 Å². The smallest absolute Gasteiger partial charge is 0.255 e. The predicted molar refractivity (Wildman–Crippen MR) is 86.6 cm³/mol. The molecule has 1 aliphatic carbocycles. The second kappa shape index (κ2) is 6.77. The van der Waals surface area contributed by atoms with E-state index in [9.17, 15) is 9.18 Å². The SMILES string of the molecule is CC(C)CN(C(=O)c1cc(N)c(F)cc1Br)C1CCCC1. The van der Waals surface area contributed by atoms with Gasteiger partial charge in [-0.2, -0.15) is 0 Å². The van der Waals surface area contributed by atoms with Gasteiger partial charge in [0.1, 0.15) is 5.82 Å². The Balaban J connectivity index is 2.31. The fourth-order valence-corrected chi connectivity index (χ4v) is 3.38. The molecule has 0 aliphatic heterocycles. The Morgan fingerprint density at radius 1 is 1.43 bits per heavy atom. The summed E-state index contributed by atoms with van der Waals surface area (Å²) in [6.45, 7) is 4.92. The van der Waals surface area contributed by atoms with Gasteiger partial charge in [-0.1, -0.05) is 26.7 Å². The minimum atomic E-state index is -0.505. The van der Waals surface area contributed by atoms with Crippen LogP contribution in [-0.4, -0.2) is 23.4 Å². The highest BCUT2D eigenvalue weighted by molar-refractivity contribution is 9.10. The maximum absolute atomic E-state index is 13.5. The van der Waals surface area contributed by atoms with Crippen molar-refractivity contribution in [1.82, 2.24) is 4.90 Å². The van der Waals surface area contributed by atoms with Crippen molar-refractivity contribution in [1.29, 1.82) is 0 Å². The average Bonchev–Trinajstić information content (AvgIpc) is 2.93. The Kier molecular flexibility index (Phi) is 5.25. The van der Waals surface area contributed by atoms with Crippen molar-refractivity contribution in [3.63, 3.8) is 0 Å². The summed E-state index contributed by atoms with van der Waals surface area (Å²) in [7, 11) is 0. The van der Waals surface area contributed by atoms with Gasteiger partial charge in [-0.3, -0.25) is 4.79 Å². The molecular weight excluding hydrogens is 335 g/mol. The summed E-state index contributed by atoms with van der Waals surface area (Å²) in [5.41, 5.74) is 6.07. The Labute approximate surface area is 133 Å². The number of nitrogens with zero attached hydrogens (tertiary/aromatic N) is 1. The van der Waals surface area contributed by atoms with Crippen LogP contribution in [0.25, 0.3) is 0 Å². The minimum absolute atomic E-state index is 0.0115. The first-order valence-electron chi connectivity index (χ1n) is 7.45. The van der Waals surface area contributed by atoms with Crippen LogP contribution < -0.4 is 5.73 Å². The number of carbonyl (C=O) groups excluding carboxylic acids is 1. The average molecular weight is 357 g/mol. The molecule has 1 fully saturated rings. The van der Waals surface area contributed by atoms with Crippen molar-refractivity contribution < 1.29 is 9.18 Å². The minimum Gasteiger partial charge on any atom is -0.396 e. The highest BCUT2D eigenvalue weighted by Crippen LogP contribution is 2.29. The molecule has 2 N–H and O–H groups in total. The topological polar surface area (TPSA) is 46.3 Å². The normalized spacial score (nSPS) is 15.7. The Hall–Kier alpha value is -1.10. The third kappa shape index (κ3) is 3.76. The van der Waals surface area contributed by atoms with Crippen LogP contribution in [0.1, 0.15) is 49.9 Å². The number of halogens is 2. The molecule has 21 heavy (non-hydrogen) atoms. The number of benzene rings is 1. The maximum atomic E-state index is 13.5. The van der Waals surface area contributed by atoms with Gasteiger partial charge in [0.05, 0.1) is 11.3 Å². The van der Waals surface area contributed by atoms with Crippen LogP contribution in [0.3, 0.4) is 0 Å². The lowest BCUT2D eigenvalue weighted by atomic mass is 10.1. The fourth-order valence-electron chi connectivity index (χ4n) is 2.89. The molecule has 0 spiro atoms. The number of anilines is 1. The van der Waals surface area contributed by atoms with E-state index < -0.39 is 5.82 Å². The van der Waals surface area contributed by atoms with Crippen LogP contribution in [0.2, 0.25) is 0 Å². The quantitative estimate of drug-likeness (QED) is 0.821. The van der Waals surface area contributed by atoms with Crippen molar-refractivity contribution in [3.8, 4) is 0 Å². The van der Waals surface area contributed by atoms with Crippen molar-refractivity contribution >= 4 is 27.5 Å². The van der Waals surface area contributed by atoms with Gasteiger partial charge in [-0.05, 0) is 46.8 Å². The molecule has 0 saturated heterocycles. The first kappa shape index (κ1) is 16.3. The maximum Gasteiger partial charge on any atom is 0.255 e. The standard InChI is InChI=1S/C16H22BrFN2O/c1-10(2)9-20(11-5-3-4-6-11)16(21)12-7-15(19)14(18)8-13(12)17/h7-8,10-11H,3-6,9,19H2,1-2H3. The second-order valence-electron chi connectivity index (χ2n) is 6.14. The van der Waals surface area contributed by atoms with E-state index >= 15 is 0 Å². The van der Waals surface area contributed by atoms with Crippen molar-refractivity contribution in [2.24, 2.45) is 5.92 Å². The monoisotopic (exact) mass is 356 g/mol. The third-order valence-electron chi connectivity index (χ3n) is 3.90. The van der Waals surface area contributed by atoms with E-state index in [2.05, 4.69) is 29.8 Å². The van der Waals surface area contributed by atoms with E-state index in [-0.39, 0.29) is 17.6 Å². The number of nitrogens with two attached hydrogens (primary N) is 1. The third-order valence-corrected chi connectivity index (χ3v) is 4.56. The van der Waals surface area contributed by atoms with Crippen LogP contribution in [0.5, 0.6) is 0 Å². The highest BCUT2D eigenvalue weighted by atomic mass is 79.9. The molecule has 1 aliphatic rings. The molecule has 5 heteroatoms. The molecule has 0 radical (unpaired) electrons. The van der Waals surface area contributed by atoms with Gasteiger partial charge in [-0.25, -0.2) is 4.39 Å². The second-order valence-corrected chi connectivity index (χ2v) is 7.00. The Morgan fingerprint density at radius 3 is 2.62 bits per heavy atom. The van der Waals surface area contributed by atoms with Gasteiger partial charge in [0.25, 0.3) is 5.91 Å². The van der Waals surface area contributed by atoms with Crippen LogP contribution in [0.4, 0.5) is 10.1 Å². The van der Waals surface area contributed by atoms with E-state index in [1.54, 1.807) is 0 Å². The van der Waals surface area contributed by atoms with Gasteiger partial charge in [0.2, 0.25) is 0 Å².